The summed E-state index contributed by atoms with van der Waals surface area (Å²) in [7, 11) is 0. The third-order valence-electron chi connectivity index (χ3n) is 5.31. The number of aromatic hydroxyl groups is 1. The standard InChI is InChI=1S/C20H18N4O2S/c1-27-20-22-19-21-13-7-4-8-14(25)17(13)18(24(19)23-20)16-12-6-3-2-5-11(12)9-10-15(16)26/h2-3,5-7,9-10,17-18,26H,4,8H2,1H3,(H,21,22,23). The number of nitrogens with zero attached hydrogens (tertiary/aromatic N) is 3. The van der Waals surface area contributed by atoms with Crippen LogP contribution in [-0.4, -0.2) is 31.9 Å². The fourth-order valence-electron chi connectivity index (χ4n) is 4.12. The van der Waals surface area contributed by atoms with Gasteiger partial charge in [-0.05, 0) is 29.5 Å². The van der Waals surface area contributed by atoms with Gasteiger partial charge in [0.1, 0.15) is 17.6 Å². The van der Waals surface area contributed by atoms with Crippen molar-refractivity contribution in [2.75, 3.05) is 11.6 Å². The van der Waals surface area contributed by atoms with Crippen LogP contribution in [0.1, 0.15) is 24.4 Å². The summed E-state index contributed by atoms with van der Waals surface area (Å²) < 4.78 is 1.76. The first-order valence-electron chi connectivity index (χ1n) is 8.88. The Labute approximate surface area is 160 Å². The minimum absolute atomic E-state index is 0.157. The number of hydrogen-bond acceptors (Lipinski definition) is 6. The van der Waals surface area contributed by atoms with Crippen molar-refractivity contribution < 1.29 is 9.90 Å². The first kappa shape index (κ1) is 16.4. The van der Waals surface area contributed by atoms with E-state index in [-0.39, 0.29) is 11.5 Å². The minimum Gasteiger partial charge on any atom is -0.508 e. The molecular formula is C20H18N4O2S. The van der Waals surface area contributed by atoms with Crippen molar-refractivity contribution >= 4 is 34.3 Å². The molecule has 27 heavy (non-hydrogen) atoms. The summed E-state index contributed by atoms with van der Waals surface area (Å²) in [6.45, 7) is 0. The number of nitrogens with one attached hydrogen (secondary N) is 1. The van der Waals surface area contributed by atoms with Crippen molar-refractivity contribution in [3.8, 4) is 5.75 Å². The molecule has 0 saturated carbocycles. The lowest BCUT2D eigenvalue weighted by Gasteiger charge is -2.36. The second-order valence-corrected chi connectivity index (χ2v) is 7.57. The lowest BCUT2D eigenvalue weighted by Crippen LogP contribution is -2.38. The summed E-state index contributed by atoms with van der Waals surface area (Å²) in [4.78, 5) is 17.5. The Hall–Kier alpha value is -2.80. The number of anilines is 1. The Morgan fingerprint density at radius 3 is 2.96 bits per heavy atom. The van der Waals surface area contributed by atoms with Crippen LogP contribution >= 0.6 is 11.8 Å². The topological polar surface area (TPSA) is 80.0 Å². The largest absolute Gasteiger partial charge is 0.508 e. The lowest BCUT2D eigenvalue weighted by molar-refractivity contribution is -0.123. The zero-order chi connectivity index (χ0) is 18.5. The van der Waals surface area contributed by atoms with Gasteiger partial charge < -0.3 is 10.4 Å². The van der Waals surface area contributed by atoms with Gasteiger partial charge in [-0.1, -0.05) is 48.2 Å². The Bertz CT molecular complexity index is 1100. The minimum atomic E-state index is -0.431. The average molecular weight is 378 g/mol. The lowest BCUT2D eigenvalue weighted by atomic mass is 9.79. The zero-order valence-corrected chi connectivity index (χ0v) is 15.5. The monoisotopic (exact) mass is 378 g/mol. The van der Waals surface area contributed by atoms with Crippen molar-refractivity contribution in [2.45, 2.75) is 24.0 Å². The number of carbonyl (C=O) groups excluding carboxylic acids is 1. The zero-order valence-electron chi connectivity index (χ0n) is 14.7. The first-order valence-corrected chi connectivity index (χ1v) is 10.1. The number of allylic oxidation sites excluding steroid dienone is 2. The van der Waals surface area contributed by atoms with Gasteiger partial charge >= 0.3 is 0 Å². The van der Waals surface area contributed by atoms with E-state index in [1.165, 1.54) is 11.8 Å². The van der Waals surface area contributed by atoms with Gasteiger partial charge in [0.2, 0.25) is 11.1 Å². The maximum atomic E-state index is 12.9. The van der Waals surface area contributed by atoms with E-state index in [1.54, 1.807) is 10.7 Å². The molecular weight excluding hydrogens is 360 g/mol. The molecule has 0 fully saturated rings. The van der Waals surface area contributed by atoms with E-state index in [0.29, 0.717) is 17.5 Å². The highest BCUT2D eigenvalue weighted by Gasteiger charge is 2.43. The number of Topliss-reactive ketones (excluding diaryl/α,β-unsaturated/α-hetero) is 1. The smallest absolute Gasteiger partial charge is 0.227 e. The van der Waals surface area contributed by atoms with E-state index in [9.17, 15) is 9.90 Å². The van der Waals surface area contributed by atoms with Gasteiger partial charge in [-0.3, -0.25) is 4.79 Å². The molecule has 0 saturated heterocycles. The molecule has 7 heteroatoms. The third kappa shape index (κ3) is 2.45. The fraction of sp³-hybridized carbons (Fsp3) is 0.250. The Morgan fingerprint density at radius 1 is 1.26 bits per heavy atom. The summed E-state index contributed by atoms with van der Waals surface area (Å²) in [5.41, 5.74) is 1.58. The normalized spacial score (nSPS) is 21.4. The summed E-state index contributed by atoms with van der Waals surface area (Å²) in [5, 5.41) is 21.3. The molecule has 0 spiro atoms. The summed E-state index contributed by atoms with van der Waals surface area (Å²) in [5.74, 6) is 0.530. The van der Waals surface area contributed by atoms with E-state index < -0.39 is 12.0 Å². The number of thioether (sulfide) groups is 1. The van der Waals surface area contributed by atoms with E-state index >= 15 is 0 Å². The maximum absolute atomic E-state index is 12.9. The van der Waals surface area contributed by atoms with Crippen molar-refractivity contribution in [3.05, 3.63) is 53.7 Å². The van der Waals surface area contributed by atoms with Gasteiger partial charge in [0, 0.05) is 17.7 Å². The first-order chi connectivity index (χ1) is 13.2. The van der Waals surface area contributed by atoms with Crippen LogP contribution in [-0.2, 0) is 4.79 Å². The van der Waals surface area contributed by atoms with Crippen LogP contribution in [0.5, 0.6) is 5.75 Å². The molecule has 0 radical (unpaired) electrons. The third-order valence-corrected chi connectivity index (χ3v) is 5.85. The number of ketones is 1. The Morgan fingerprint density at radius 2 is 2.11 bits per heavy atom. The number of fused-ring (bicyclic) bond motifs is 3. The quantitative estimate of drug-likeness (QED) is 0.662. The Balaban J connectivity index is 1.82. The molecule has 1 aromatic heterocycles. The summed E-state index contributed by atoms with van der Waals surface area (Å²) in [6, 6.07) is 11.1. The van der Waals surface area contributed by atoms with Gasteiger partial charge in [0.25, 0.3) is 0 Å². The van der Waals surface area contributed by atoms with Gasteiger partial charge in [0.05, 0.1) is 5.92 Å². The molecule has 2 heterocycles. The van der Waals surface area contributed by atoms with Gasteiger partial charge in [-0.15, -0.1) is 5.10 Å². The molecule has 5 rings (SSSR count). The molecule has 1 aliphatic heterocycles. The molecule has 0 amide bonds. The maximum Gasteiger partial charge on any atom is 0.227 e. The van der Waals surface area contributed by atoms with E-state index in [1.807, 2.05) is 36.6 Å². The molecule has 2 atom stereocenters. The molecule has 6 nitrogen and oxygen atoms in total. The summed E-state index contributed by atoms with van der Waals surface area (Å²) in [6.07, 6.45) is 5.20. The summed E-state index contributed by atoms with van der Waals surface area (Å²) >= 11 is 1.45. The molecule has 2 aliphatic rings. The highest BCUT2D eigenvalue weighted by molar-refractivity contribution is 7.98. The molecule has 1 aliphatic carbocycles. The molecule has 2 N–H and O–H groups in total. The molecule has 2 aromatic carbocycles. The van der Waals surface area contributed by atoms with Crippen molar-refractivity contribution in [1.82, 2.24) is 14.8 Å². The van der Waals surface area contributed by atoms with Crippen molar-refractivity contribution in [3.63, 3.8) is 0 Å². The Kier molecular flexibility index (Phi) is 3.72. The van der Waals surface area contributed by atoms with E-state index in [4.69, 9.17) is 0 Å². The van der Waals surface area contributed by atoms with Crippen LogP contribution in [0.4, 0.5) is 5.95 Å². The number of hydrogen-bond donors (Lipinski definition) is 2. The van der Waals surface area contributed by atoms with Crippen LogP contribution in [0.3, 0.4) is 0 Å². The van der Waals surface area contributed by atoms with Crippen molar-refractivity contribution in [1.29, 1.82) is 0 Å². The second-order valence-electron chi connectivity index (χ2n) is 6.80. The fourth-order valence-corrected chi connectivity index (χ4v) is 4.47. The van der Waals surface area contributed by atoms with Crippen LogP contribution < -0.4 is 5.32 Å². The number of aromatic nitrogens is 3. The number of phenols is 1. The van der Waals surface area contributed by atoms with E-state index in [0.717, 1.165) is 28.5 Å². The number of rotatable bonds is 2. The van der Waals surface area contributed by atoms with Crippen LogP contribution in [0.25, 0.3) is 10.8 Å². The average Bonchev–Trinajstić information content (AvgIpc) is 3.10. The predicted octanol–water partition coefficient (Wildman–Crippen LogP) is 3.74. The number of phenolic OH excluding ortho intramolecular Hbond substituents is 1. The number of carbonyl (C=O) groups is 1. The predicted molar refractivity (Wildman–Crippen MR) is 105 cm³/mol. The second kappa shape index (κ2) is 6.13. The molecule has 0 bridgehead atoms. The van der Waals surface area contributed by atoms with Gasteiger partial charge in [-0.2, -0.15) is 4.98 Å². The van der Waals surface area contributed by atoms with Crippen LogP contribution in [0.15, 0.2) is 53.3 Å². The van der Waals surface area contributed by atoms with Gasteiger partial charge in [0.15, 0.2) is 0 Å². The highest BCUT2D eigenvalue weighted by Crippen LogP contribution is 2.46. The van der Waals surface area contributed by atoms with Crippen molar-refractivity contribution in [2.24, 2.45) is 5.92 Å². The van der Waals surface area contributed by atoms with Crippen LogP contribution in [0.2, 0.25) is 0 Å². The van der Waals surface area contributed by atoms with Gasteiger partial charge in [-0.25, -0.2) is 4.68 Å². The number of benzene rings is 2. The molecule has 3 aromatic rings. The highest BCUT2D eigenvalue weighted by atomic mass is 32.2. The van der Waals surface area contributed by atoms with Crippen LogP contribution in [0, 0.1) is 5.92 Å². The molecule has 2 unspecified atom stereocenters. The SMILES string of the molecule is CSc1nc2n(n1)C(c1c(O)ccc3ccccc13)C1C(=O)CCC=C1N2. The molecule has 136 valence electrons. The van der Waals surface area contributed by atoms with E-state index in [2.05, 4.69) is 21.5 Å².